The number of halogens is 3. The van der Waals surface area contributed by atoms with E-state index in [0.29, 0.717) is 5.76 Å². The van der Waals surface area contributed by atoms with Crippen LogP contribution in [0.2, 0.25) is 0 Å². The molecule has 0 N–H and O–H groups in total. The number of hydrogen-bond acceptors (Lipinski definition) is 6. The lowest BCUT2D eigenvalue weighted by Crippen LogP contribution is -2.41. The minimum atomic E-state index is -4.82. The number of rotatable bonds is 7. The van der Waals surface area contributed by atoms with Crippen molar-refractivity contribution in [3.63, 3.8) is 0 Å². The van der Waals surface area contributed by atoms with Crippen molar-refractivity contribution in [3.8, 4) is 0 Å². The van der Waals surface area contributed by atoms with Crippen LogP contribution >= 0.6 is 0 Å². The monoisotopic (exact) mass is 488 g/mol. The number of esters is 1. The smallest absolute Gasteiger partial charge is 0.417 e. The summed E-state index contributed by atoms with van der Waals surface area (Å²) in [5.74, 6) is -1.18. The number of amides is 1. The molecule has 0 unspecified atom stereocenters. The van der Waals surface area contributed by atoms with Crippen LogP contribution < -0.4 is 0 Å². The maximum atomic E-state index is 13.2. The van der Waals surface area contributed by atoms with Gasteiger partial charge in [-0.2, -0.15) is 17.5 Å². The zero-order valence-electron chi connectivity index (χ0n) is 17.7. The lowest BCUT2D eigenvalue weighted by molar-refractivity contribution is -0.156. The lowest BCUT2D eigenvalue weighted by atomic mass is 9.98. The van der Waals surface area contributed by atoms with Gasteiger partial charge in [0, 0.05) is 20.1 Å². The van der Waals surface area contributed by atoms with Gasteiger partial charge in [0.15, 0.2) is 6.61 Å². The van der Waals surface area contributed by atoms with Gasteiger partial charge in [0.05, 0.1) is 29.2 Å². The van der Waals surface area contributed by atoms with Crippen molar-refractivity contribution in [3.05, 3.63) is 54.0 Å². The SMILES string of the molecule is CN(Cc1ccco1)C(=O)COC(=O)C1CCN(S(=O)(=O)c2ccccc2C(F)(F)F)CC1. The molecule has 1 fully saturated rings. The molecule has 1 aliphatic heterocycles. The molecule has 1 aromatic heterocycles. The van der Waals surface area contributed by atoms with E-state index in [1.165, 1.54) is 24.3 Å². The zero-order chi connectivity index (χ0) is 24.2. The molecule has 1 aliphatic rings. The molecule has 2 heterocycles. The Kier molecular flexibility index (Phi) is 7.48. The van der Waals surface area contributed by atoms with Crippen LogP contribution in [-0.4, -0.2) is 56.2 Å². The minimum absolute atomic E-state index is 0.0721. The van der Waals surface area contributed by atoms with Crippen LogP contribution in [-0.2, 0) is 37.1 Å². The first kappa shape index (κ1) is 24.8. The maximum absolute atomic E-state index is 13.2. The lowest BCUT2D eigenvalue weighted by Gasteiger charge is -2.30. The third kappa shape index (κ3) is 5.93. The number of piperidine rings is 1. The topological polar surface area (TPSA) is 97.1 Å². The highest BCUT2D eigenvalue weighted by Gasteiger charge is 2.40. The first-order chi connectivity index (χ1) is 15.5. The Morgan fingerprint density at radius 3 is 2.42 bits per heavy atom. The van der Waals surface area contributed by atoms with Gasteiger partial charge in [-0.25, -0.2) is 8.42 Å². The van der Waals surface area contributed by atoms with Gasteiger partial charge in [0.2, 0.25) is 10.0 Å². The minimum Gasteiger partial charge on any atom is -0.467 e. The molecule has 0 spiro atoms. The number of benzene rings is 1. The highest BCUT2D eigenvalue weighted by Crippen LogP contribution is 2.36. The summed E-state index contributed by atoms with van der Waals surface area (Å²) in [5, 5.41) is 0. The van der Waals surface area contributed by atoms with Gasteiger partial charge in [-0.15, -0.1) is 0 Å². The van der Waals surface area contributed by atoms with Crippen molar-refractivity contribution in [1.82, 2.24) is 9.21 Å². The molecule has 0 atom stereocenters. The fourth-order valence-corrected chi connectivity index (χ4v) is 5.16. The number of carbonyl (C=O) groups is 2. The highest BCUT2D eigenvalue weighted by molar-refractivity contribution is 7.89. The Balaban J connectivity index is 1.54. The molecular formula is C21H23F3N2O6S. The number of alkyl halides is 3. The summed E-state index contributed by atoms with van der Waals surface area (Å²) in [7, 11) is -2.87. The number of carbonyl (C=O) groups excluding carboxylic acids is 2. The van der Waals surface area contributed by atoms with Gasteiger partial charge in [0.1, 0.15) is 5.76 Å². The summed E-state index contributed by atoms with van der Waals surface area (Å²) in [5.41, 5.74) is -1.23. The van der Waals surface area contributed by atoms with Gasteiger partial charge in [-0.1, -0.05) is 12.1 Å². The maximum Gasteiger partial charge on any atom is 0.417 e. The summed E-state index contributed by atoms with van der Waals surface area (Å²) in [4.78, 5) is 25.0. The van der Waals surface area contributed by atoms with Crippen LogP contribution in [0.3, 0.4) is 0 Å². The van der Waals surface area contributed by atoms with E-state index in [4.69, 9.17) is 9.15 Å². The highest BCUT2D eigenvalue weighted by atomic mass is 32.2. The normalized spacial score (nSPS) is 15.9. The molecule has 33 heavy (non-hydrogen) atoms. The van der Waals surface area contributed by atoms with Crippen LogP contribution in [0.4, 0.5) is 13.2 Å². The quantitative estimate of drug-likeness (QED) is 0.556. The van der Waals surface area contributed by atoms with E-state index in [1.54, 1.807) is 12.1 Å². The number of furan rings is 1. The predicted molar refractivity (Wildman–Crippen MR) is 109 cm³/mol. The number of nitrogens with zero attached hydrogens (tertiary/aromatic N) is 2. The van der Waals surface area contributed by atoms with Crippen molar-refractivity contribution in [1.29, 1.82) is 0 Å². The summed E-state index contributed by atoms with van der Waals surface area (Å²) < 4.78 is 76.5. The second-order valence-corrected chi connectivity index (χ2v) is 9.52. The zero-order valence-corrected chi connectivity index (χ0v) is 18.6. The number of likely N-dealkylation sites (N-methyl/N-ethyl adjacent to an activating group) is 1. The molecule has 0 aliphatic carbocycles. The molecular weight excluding hydrogens is 465 g/mol. The summed E-state index contributed by atoms with van der Waals surface area (Å²) in [6.07, 6.45) is -3.20. The Morgan fingerprint density at radius 1 is 1.15 bits per heavy atom. The van der Waals surface area contributed by atoms with Crippen LogP contribution in [0.15, 0.2) is 52.0 Å². The third-order valence-electron chi connectivity index (χ3n) is 5.33. The molecule has 0 saturated carbocycles. The van der Waals surface area contributed by atoms with Crippen molar-refractivity contribution in [2.45, 2.75) is 30.5 Å². The molecule has 1 aromatic carbocycles. The first-order valence-electron chi connectivity index (χ1n) is 10.1. The van der Waals surface area contributed by atoms with Crippen LogP contribution in [0.1, 0.15) is 24.2 Å². The van der Waals surface area contributed by atoms with E-state index in [2.05, 4.69) is 0 Å². The molecule has 8 nitrogen and oxygen atoms in total. The van der Waals surface area contributed by atoms with Crippen molar-refractivity contribution < 1.29 is 40.3 Å². The van der Waals surface area contributed by atoms with Crippen LogP contribution in [0, 0.1) is 5.92 Å². The second-order valence-electron chi connectivity index (χ2n) is 7.61. The molecule has 1 amide bonds. The molecule has 0 radical (unpaired) electrons. The first-order valence-corrected chi connectivity index (χ1v) is 11.5. The van der Waals surface area contributed by atoms with Crippen molar-refractivity contribution >= 4 is 21.9 Å². The van der Waals surface area contributed by atoms with Gasteiger partial charge in [-0.05, 0) is 37.1 Å². The second kappa shape index (κ2) is 9.96. The van der Waals surface area contributed by atoms with E-state index in [-0.39, 0.29) is 32.5 Å². The molecule has 3 rings (SSSR count). The average Bonchev–Trinajstić information content (AvgIpc) is 3.29. The van der Waals surface area contributed by atoms with Crippen LogP contribution in [0.25, 0.3) is 0 Å². The van der Waals surface area contributed by atoms with E-state index < -0.39 is 51.1 Å². The largest absolute Gasteiger partial charge is 0.467 e. The Bertz CT molecular complexity index is 1080. The molecule has 0 bridgehead atoms. The number of ether oxygens (including phenoxy) is 1. The van der Waals surface area contributed by atoms with Crippen molar-refractivity contribution in [2.24, 2.45) is 5.92 Å². The van der Waals surface area contributed by atoms with Crippen molar-refractivity contribution in [2.75, 3.05) is 26.7 Å². The molecule has 2 aromatic rings. The Hall–Kier alpha value is -2.86. The molecule has 12 heteroatoms. The fourth-order valence-electron chi connectivity index (χ4n) is 3.48. The van der Waals surface area contributed by atoms with E-state index in [1.807, 2.05) is 0 Å². The average molecular weight is 488 g/mol. The van der Waals surface area contributed by atoms with Gasteiger partial charge in [-0.3, -0.25) is 9.59 Å². The standard InChI is InChI=1S/C21H23F3N2O6S/c1-25(13-16-5-4-12-31-16)19(27)14-32-20(28)15-8-10-26(11-9-15)33(29,30)18-7-3-2-6-17(18)21(22,23)24/h2-7,12,15H,8-11,13-14H2,1H3. The Labute approximate surface area is 189 Å². The fraction of sp³-hybridized carbons (Fsp3) is 0.429. The number of sulfonamides is 1. The van der Waals surface area contributed by atoms with E-state index in [9.17, 15) is 31.2 Å². The van der Waals surface area contributed by atoms with Gasteiger partial charge in [0.25, 0.3) is 5.91 Å². The molecule has 1 saturated heterocycles. The van der Waals surface area contributed by atoms with E-state index in [0.717, 1.165) is 22.5 Å². The number of hydrogen-bond donors (Lipinski definition) is 0. The van der Waals surface area contributed by atoms with Crippen LogP contribution in [0.5, 0.6) is 0 Å². The third-order valence-corrected chi connectivity index (χ3v) is 7.29. The summed E-state index contributed by atoms with van der Waals surface area (Å²) >= 11 is 0. The van der Waals surface area contributed by atoms with Gasteiger partial charge < -0.3 is 14.1 Å². The predicted octanol–water partition coefficient (Wildman–Crippen LogP) is 2.90. The summed E-state index contributed by atoms with van der Waals surface area (Å²) in [6.45, 7) is -0.548. The summed E-state index contributed by atoms with van der Waals surface area (Å²) in [6, 6.07) is 7.37. The van der Waals surface area contributed by atoms with Gasteiger partial charge >= 0.3 is 12.1 Å². The Morgan fingerprint density at radius 2 is 1.82 bits per heavy atom. The van der Waals surface area contributed by atoms with E-state index >= 15 is 0 Å². The molecule has 180 valence electrons.